The lowest BCUT2D eigenvalue weighted by molar-refractivity contribution is -0.118. The van der Waals surface area contributed by atoms with Gasteiger partial charge in [0.2, 0.25) is 11.0 Å². The molecule has 1 amide bonds. The van der Waals surface area contributed by atoms with E-state index >= 15 is 0 Å². The van der Waals surface area contributed by atoms with Gasteiger partial charge in [0.05, 0.1) is 17.6 Å². The number of anilines is 1. The number of carbonyl (C=O) groups excluding carboxylic acids is 1. The monoisotopic (exact) mass is 442 g/mol. The number of aromatic nitrogens is 2. The number of rotatable bonds is 7. The molecule has 0 radical (unpaired) electrons. The Labute approximate surface area is 183 Å². The maximum absolute atomic E-state index is 12.9. The molecular weight excluding hydrogens is 424 g/mol. The first-order chi connectivity index (χ1) is 14.0. The van der Waals surface area contributed by atoms with E-state index in [1.165, 1.54) is 11.3 Å². The van der Waals surface area contributed by atoms with Crippen LogP contribution in [0.15, 0.2) is 52.9 Å². The van der Waals surface area contributed by atoms with Crippen molar-refractivity contribution >= 4 is 45.7 Å². The largest absolute Gasteiger partial charge is 0.300 e. The van der Waals surface area contributed by atoms with Gasteiger partial charge in [-0.3, -0.25) is 10.1 Å². The van der Waals surface area contributed by atoms with Gasteiger partial charge < -0.3 is 0 Å². The van der Waals surface area contributed by atoms with E-state index in [-0.39, 0.29) is 17.7 Å². The van der Waals surface area contributed by atoms with Crippen molar-refractivity contribution in [3.8, 4) is 6.07 Å². The van der Waals surface area contributed by atoms with Gasteiger partial charge in [-0.25, -0.2) is 0 Å². The van der Waals surface area contributed by atoms with Crippen LogP contribution in [0.25, 0.3) is 0 Å². The maximum Gasteiger partial charge on any atom is 0.234 e. The molecule has 0 aliphatic heterocycles. The zero-order chi connectivity index (χ0) is 20.8. The molecule has 0 unspecified atom stereocenters. The SMILES string of the molecule is CC(C)[C@H](C(=O)Nc1nnc(SCc2ccc(C#N)cc2)s1)c1ccc(Cl)cc1. The zero-order valence-corrected chi connectivity index (χ0v) is 18.3. The zero-order valence-electron chi connectivity index (χ0n) is 15.9. The van der Waals surface area contributed by atoms with Gasteiger partial charge in [0.15, 0.2) is 4.34 Å². The first-order valence-corrected chi connectivity index (χ1v) is 11.2. The number of amides is 1. The quantitative estimate of drug-likeness (QED) is 0.373. The number of nitrogens with zero attached hydrogens (tertiary/aromatic N) is 3. The number of hydrogen-bond donors (Lipinski definition) is 1. The highest BCUT2D eigenvalue weighted by Gasteiger charge is 2.25. The fourth-order valence-corrected chi connectivity index (χ4v) is 4.67. The van der Waals surface area contributed by atoms with Crippen LogP contribution in [0, 0.1) is 17.2 Å². The molecule has 148 valence electrons. The van der Waals surface area contributed by atoms with Crippen molar-refractivity contribution in [2.45, 2.75) is 29.9 Å². The minimum absolute atomic E-state index is 0.109. The molecule has 0 fully saturated rings. The number of thioether (sulfide) groups is 1. The molecular formula is C21H19ClN4OS2. The van der Waals surface area contributed by atoms with Crippen molar-refractivity contribution < 1.29 is 4.79 Å². The highest BCUT2D eigenvalue weighted by atomic mass is 35.5. The Morgan fingerprint density at radius 3 is 2.48 bits per heavy atom. The third-order valence-electron chi connectivity index (χ3n) is 4.26. The summed E-state index contributed by atoms with van der Waals surface area (Å²) in [7, 11) is 0. The van der Waals surface area contributed by atoms with Crippen LogP contribution in [-0.2, 0) is 10.5 Å². The minimum Gasteiger partial charge on any atom is -0.300 e. The van der Waals surface area contributed by atoms with E-state index < -0.39 is 0 Å². The topological polar surface area (TPSA) is 78.7 Å². The van der Waals surface area contributed by atoms with Crippen LogP contribution in [0.3, 0.4) is 0 Å². The Balaban J connectivity index is 1.62. The Hall–Kier alpha value is -2.40. The molecule has 1 heterocycles. The number of nitriles is 1. The normalized spacial score (nSPS) is 11.8. The lowest BCUT2D eigenvalue weighted by Crippen LogP contribution is -2.25. The lowest BCUT2D eigenvalue weighted by Gasteiger charge is -2.20. The highest BCUT2D eigenvalue weighted by molar-refractivity contribution is 8.00. The summed E-state index contributed by atoms with van der Waals surface area (Å²) in [5, 5.41) is 21.1. The molecule has 29 heavy (non-hydrogen) atoms. The van der Waals surface area contributed by atoms with Gasteiger partial charge in [0, 0.05) is 10.8 Å². The molecule has 0 bridgehead atoms. The van der Waals surface area contributed by atoms with Crippen LogP contribution in [0.2, 0.25) is 5.02 Å². The van der Waals surface area contributed by atoms with E-state index in [1.807, 2.05) is 38.1 Å². The van der Waals surface area contributed by atoms with Gasteiger partial charge in [-0.05, 0) is 41.3 Å². The van der Waals surface area contributed by atoms with Gasteiger partial charge in [-0.1, -0.05) is 72.8 Å². The Kier molecular flexibility index (Phi) is 7.26. The Bertz CT molecular complexity index is 1010. The average Bonchev–Trinajstić information content (AvgIpc) is 3.15. The number of benzene rings is 2. The summed E-state index contributed by atoms with van der Waals surface area (Å²) in [4.78, 5) is 12.9. The van der Waals surface area contributed by atoms with Crippen LogP contribution < -0.4 is 5.32 Å². The lowest BCUT2D eigenvalue weighted by atomic mass is 9.88. The van der Waals surface area contributed by atoms with Crippen molar-refractivity contribution in [1.29, 1.82) is 5.26 Å². The molecule has 1 aromatic heterocycles. The van der Waals surface area contributed by atoms with Crippen LogP contribution in [0.5, 0.6) is 0 Å². The minimum atomic E-state index is -0.300. The van der Waals surface area contributed by atoms with E-state index in [9.17, 15) is 4.79 Å². The van der Waals surface area contributed by atoms with Gasteiger partial charge in [-0.2, -0.15) is 5.26 Å². The summed E-state index contributed by atoms with van der Waals surface area (Å²) >= 11 is 8.86. The number of carbonyl (C=O) groups is 1. The summed E-state index contributed by atoms with van der Waals surface area (Å²) in [6.07, 6.45) is 0. The summed E-state index contributed by atoms with van der Waals surface area (Å²) in [6.45, 7) is 4.02. The summed E-state index contributed by atoms with van der Waals surface area (Å²) in [5.41, 5.74) is 2.65. The molecule has 0 aliphatic rings. The van der Waals surface area contributed by atoms with Crippen molar-refractivity contribution in [3.63, 3.8) is 0 Å². The fourth-order valence-electron chi connectivity index (χ4n) is 2.83. The summed E-state index contributed by atoms with van der Waals surface area (Å²) in [6, 6.07) is 16.9. The number of halogens is 1. The first-order valence-electron chi connectivity index (χ1n) is 8.98. The molecule has 8 heteroatoms. The molecule has 1 N–H and O–H groups in total. The molecule has 5 nitrogen and oxygen atoms in total. The Morgan fingerprint density at radius 2 is 1.86 bits per heavy atom. The molecule has 0 aliphatic carbocycles. The molecule has 1 atom stereocenters. The van der Waals surface area contributed by atoms with Crippen LogP contribution in [0.1, 0.15) is 36.5 Å². The second kappa shape index (κ2) is 9.88. The highest BCUT2D eigenvalue weighted by Crippen LogP contribution is 2.31. The first kappa shape index (κ1) is 21.3. The van der Waals surface area contributed by atoms with E-state index in [0.29, 0.717) is 21.5 Å². The fraction of sp³-hybridized carbons (Fsp3) is 0.238. The van der Waals surface area contributed by atoms with Crippen LogP contribution in [0.4, 0.5) is 5.13 Å². The molecule has 2 aromatic carbocycles. The standard InChI is InChI=1S/C21H19ClN4OS2/c1-13(2)18(16-7-9-17(22)10-8-16)19(27)24-20-25-26-21(29-20)28-12-15-5-3-14(11-23)4-6-15/h3-10,13,18H,12H2,1-2H3,(H,24,25,27)/t18-/m0/s1. The second-order valence-electron chi connectivity index (χ2n) is 6.73. The van der Waals surface area contributed by atoms with Gasteiger partial charge in [0.25, 0.3) is 0 Å². The molecule has 3 aromatic rings. The summed E-state index contributed by atoms with van der Waals surface area (Å²) in [5.74, 6) is 0.426. The third kappa shape index (κ3) is 5.80. The van der Waals surface area contributed by atoms with E-state index in [2.05, 4.69) is 21.6 Å². The van der Waals surface area contributed by atoms with Crippen molar-refractivity contribution in [2.75, 3.05) is 5.32 Å². The predicted octanol–water partition coefficient (Wildman–Crippen LogP) is 5.73. The number of nitrogens with one attached hydrogen (secondary N) is 1. The molecule has 3 rings (SSSR count). The summed E-state index contributed by atoms with van der Waals surface area (Å²) < 4.78 is 0.775. The van der Waals surface area contributed by atoms with Crippen LogP contribution >= 0.6 is 34.7 Å². The van der Waals surface area contributed by atoms with E-state index in [4.69, 9.17) is 16.9 Å². The van der Waals surface area contributed by atoms with E-state index in [1.54, 1.807) is 36.0 Å². The average molecular weight is 443 g/mol. The van der Waals surface area contributed by atoms with Crippen LogP contribution in [-0.4, -0.2) is 16.1 Å². The molecule has 0 saturated carbocycles. The van der Waals surface area contributed by atoms with Crippen molar-refractivity contribution in [2.24, 2.45) is 5.92 Å². The second-order valence-corrected chi connectivity index (χ2v) is 9.37. The smallest absolute Gasteiger partial charge is 0.234 e. The van der Waals surface area contributed by atoms with Crippen molar-refractivity contribution in [3.05, 3.63) is 70.2 Å². The molecule has 0 saturated heterocycles. The Morgan fingerprint density at radius 1 is 1.17 bits per heavy atom. The van der Waals surface area contributed by atoms with Gasteiger partial charge >= 0.3 is 0 Å². The third-order valence-corrected chi connectivity index (χ3v) is 6.56. The van der Waals surface area contributed by atoms with Crippen molar-refractivity contribution in [1.82, 2.24) is 10.2 Å². The van der Waals surface area contributed by atoms with Gasteiger partial charge in [-0.15, -0.1) is 10.2 Å². The number of hydrogen-bond acceptors (Lipinski definition) is 6. The predicted molar refractivity (Wildman–Crippen MR) is 118 cm³/mol. The maximum atomic E-state index is 12.9. The van der Waals surface area contributed by atoms with E-state index in [0.717, 1.165) is 15.5 Å². The van der Waals surface area contributed by atoms with Gasteiger partial charge in [0.1, 0.15) is 0 Å². The molecule has 0 spiro atoms.